The molecule has 0 aromatic heterocycles. The zero-order chi connectivity index (χ0) is 13.9. The molecule has 0 bridgehead atoms. The van der Waals surface area contributed by atoms with Crippen molar-refractivity contribution in [2.24, 2.45) is 0 Å². The van der Waals surface area contributed by atoms with Gasteiger partial charge >= 0.3 is 0 Å². The van der Waals surface area contributed by atoms with E-state index in [4.69, 9.17) is 0 Å². The summed E-state index contributed by atoms with van der Waals surface area (Å²) in [6.45, 7) is 2.15. The van der Waals surface area contributed by atoms with E-state index in [1.165, 1.54) is 22.0 Å². The molecule has 2 atom stereocenters. The predicted octanol–water partition coefficient (Wildman–Crippen LogP) is 5.07. The first-order valence-corrected chi connectivity index (χ1v) is 8.55. The Balaban J connectivity index is 1.95. The van der Waals surface area contributed by atoms with Crippen LogP contribution in [0, 0.1) is 0 Å². The number of halogens is 2. The average Bonchev–Trinajstić information content (AvgIpc) is 2.49. The summed E-state index contributed by atoms with van der Waals surface area (Å²) in [5.74, 6) is 1.11. The molecule has 1 N–H and O–H groups in total. The van der Waals surface area contributed by atoms with E-state index in [9.17, 15) is 0 Å². The molecule has 2 aromatic rings. The fourth-order valence-corrected chi connectivity index (χ4v) is 3.91. The van der Waals surface area contributed by atoms with Gasteiger partial charge < -0.3 is 5.32 Å². The van der Waals surface area contributed by atoms with Crippen LogP contribution in [0.25, 0.3) is 0 Å². The monoisotopic (exact) mass is 393 g/mol. The van der Waals surface area contributed by atoms with Crippen molar-refractivity contribution in [3.63, 3.8) is 0 Å². The predicted molar refractivity (Wildman–Crippen MR) is 91.3 cm³/mol. The molecule has 0 aliphatic carbocycles. The summed E-state index contributed by atoms with van der Waals surface area (Å²) in [5, 5.41) is 3.54. The van der Waals surface area contributed by atoms with Gasteiger partial charge in [0.2, 0.25) is 0 Å². The van der Waals surface area contributed by atoms with Gasteiger partial charge in [-0.05, 0) is 48.2 Å². The molecule has 1 nitrogen and oxygen atoms in total. The normalized spacial score (nSPS) is 22.7. The second-order valence-corrected chi connectivity index (χ2v) is 7.05. The Morgan fingerprint density at radius 1 is 0.900 bits per heavy atom. The molecule has 1 fully saturated rings. The van der Waals surface area contributed by atoms with Crippen LogP contribution in [0.2, 0.25) is 0 Å². The molecule has 20 heavy (non-hydrogen) atoms. The lowest BCUT2D eigenvalue weighted by Crippen LogP contribution is -2.34. The minimum absolute atomic E-state index is 0.538. The van der Waals surface area contributed by atoms with Crippen molar-refractivity contribution in [2.45, 2.75) is 18.3 Å². The highest BCUT2D eigenvalue weighted by molar-refractivity contribution is 9.10. The van der Waals surface area contributed by atoms with Crippen LogP contribution in [0.1, 0.15) is 29.4 Å². The fraction of sp³-hybridized carbons (Fsp3) is 0.294. The molecule has 3 heteroatoms. The molecule has 0 saturated carbocycles. The van der Waals surface area contributed by atoms with Gasteiger partial charge in [0.1, 0.15) is 0 Å². The fourth-order valence-electron chi connectivity index (χ4n) is 3.07. The molecule has 1 saturated heterocycles. The van der Waals surface area contributed by atoms with Gasteiger partial charge in [-0.3, -0.25) is 0 Å². The zero-order valence-electron chi connectivity index (χ0n) is 11.2. The summed E-state index contributed by atoms with van der Waals surface area (Å²) in [7, 11) is 0. The van der Waals surface area contributed by atoms with E-state index in [1.807, 2.05) is 0 Å². The average molecular weight is 395 g/mol. The highest BCUT2D eigenvalue weighted by Crippen LogP contribution is 2.40. The Labute approximate surface area is 137 Å². The maximum absolute atomic E-state index is 3.72. The third-order valence-corrected chi connectivity index (χ3v) is 5.34. The molecule has 1 heterocycles. The Bertz CT molecular complexity index is 580. The first-order valence-electron chi connectivity index (χ1n) is 6.96. The summed E-state index contributed by atoms with van der Waals surface area (Å²) in [5.41, 5.74) is 2.85. The van der Waals surface area contributed by atoms with Crippen LogP contribution in [0.3, 0.4) is 0 Å². The van der Waals surface area contributed by atoms with Gasteiger partial charge in [-0.1, -0.05) is 62.2 Å². The first kappa shape index (κ1) is 14.3. The highest BCUT2D eigenvalue weighted by Gasteiger charge is 2.28. The van der Waals surface area contributed by atoms with Crippen LogP contribution in [0.5, 0.6) is 0 Å². The van der Waals surface area contributed by atoms with Crippen LogP contribution < -0.4 is 5.32 Å². The molecule has 0 amide bonds. The van der Waals surface area contributed by atoms with E-state index in [-0.39, 0.29) is 0 Å². The van der Waals surface area contributed by atoms with Gasteiger partial charge in [0.15, 0.2) is 0 Å². The molecular weight excluding hydrogens is 378 g/mol. The van der Waals surface area contributed by atoms with Crippen molar-refractivity contribution in [2.75, 3.05) is 13.1 Å². The molecule has 2 unspecified atom stereocenters. The maximum atomic E-state index is 3.72. The smallest absolute Gasteiger partial charge is 0.0210 e. The van der Waals surface area contributed by atoms with Gasteiger partial charge in [0.05, 0.1) is 0 Å². The molecule has 2 aromatic carbocycles. The minimum Gasteiger partial charge on any atom is -0.316 e. The minimum atomic E-state index is 0.538. The summed E-state index contributed by atoms with van der Waals surface area (Å²) in [6, 6.07) is 17.4. The number of rotatable bonds is 2. The maximum Gasteiger partial charge on any atom is 0.0210 e. The third-order valence-electron chi connectivity index (χ3n) is 4.08. The standard InChI is InChI=1S/C17H17Br2N/c18-13-7-5-12(6-8-13)16-11-20-10-9-14(16)15-3-1-2-4-17(15)19/h1-8,14,16,20H,9-11H2. The van der Waals surface area contributed by atoms with Crippen molar-refractivity contribution < 1.29 is 0 Å². The second-order valence-electron chi connectivity index (χ2n) is 5.28. The molecule has 3 rings (SSSR count). The van der Waals surface area contributed by atoms with Crippen LogP contribution in [0.4, 0.5) is 0 Å². The summed E-state index contributed by atoms with van der Waals surface area (Å²) >= 11 is 7.23. The topological polar surface area (TPSA) is 12.0 Å². The van der Waals surface area contributed by atoms with Crippen molar-refractivity contribution in [3.05, 3.63) is 68.6 Å². The number of nitrogens with one attached hydrogen (secondary N) is 1. The Hall–Kier alpha value is -0.640. The van der Waals surface area contributed by atoms with E-state index >= 15 is 0 Å². The van der Waals surface area contributed by atoms with Gasteiger partial charge in [-0.2, -0.15) is 0 Å². The van der Waals surface area contributed by atoms with Crippen molar-refractivity contribution in [1.29, 1.82) is 0 Å². The van der Waals surface area contributed by atoms with E-state index < -0.39 is 0 Å². The van der Waals surface area contributed by atoms with Crippen molar-refractivity contribution in [1.82, 2.24) is 5.32 Å². The second kappa shape index (κ2) is 6.42. The molecule has 0 radical (unpaired) electrons. The lowest BCUT2D eigenvalue weighted by molar-refractivity contribution is 0.403. The number of hydrogen-bond acceptors (Lipinski definition) is 1. The lowest BCUT2D eigenvalue weighted by atomic mass is 9.77. The first-order chi connectivity index (χ1) is 9.75. The Morgan fingerprint density at radius 2 is 1.65 bits per heavy atom. The molecule has 1 aliphatic heterocycles. The largest absolute Gasteiger partial charge is 0.316 e. The quantitative estimate of drug-likeness (QED) is 0.749. The SMILES string of the molecule is Brc1ccc(C2CNCCC2c2ccccc2Br)cc1. The molecule has 104 valence electrons. The summed E-state index contributed by atoms with van der Waals surface area (Å²) in [6.07, 6.45) is 1.18. The van der Waals surface area contributed by atoms with Gasteiger partial charge in [0.25, 0.3) is 0 Å². The van der Waals surface area contributed by atoms with Gasteiger partial charge in [-0.25, -0.2) is 0 Å². The van der Waals surface area contributed by atoms with Crippen molar-refractivity contribution >= 4 is 31.9 Å². The number of benzene rings is 2. The summed E-state index contributed by atoms with van der Waals surface area (Å²) < 4.78 is 2.37. The highest BCUT2D eigenvalue weighted by atomic mass is 79.9. The van der Waals surface area contributed by atoms with Crippen LogP contribution >= 0.6 is 31.9 Å². The van der Waals surface area contributed by atoms with E-state index in [2.05, 4.69) is 85.7 Å². The number of hydrogen-bond donors (Lipinski definition) is 1. The zero-order valence-corrected chi connectivity index (χ0v) is 14.3. The van der Waals surface area contributed by atoms with Crippen LogP contribution in [0.15, 0.2) is 57.5 Å². The number of piperidine rings is 1. The molecular formula is C17H17Br2N. The van der Waals surface area contributed by atoms with Crippen LogP contribution in [-0.4, -0.2) is 13.1 Å². The van der Waals surface area contributed by atoms with Crippen molar-refractivity contribution in [3.8, 4) is 0 Å². The lowest BCUT2D eigenvalue weighted by Gasteiger charge is -2.33. The van der Waals surface area contributed by atoms with Crippen LogP contribution in [-0.2, 0) is 0 Å². The van der Waals surface area contributed by atoms with E-state index in [1.54, 1.807) is 0 Å². The van der Waals surface area contributed by atoms with Gasteiger partial charge in [-0.15, -0.1) is 0 Å². The Kier molecular flexibility index (Phi) is 4.59. The molecule has 0 spiro atoms. The van der Waals surface area contributed by atoms with E-state index in [0.29, 0.717) is 11.8 Å². The molecule has 1 aliphatic rings. The Morgan fingerprint density at radius 3 is 2.40 bits per heavy atom. The summed E-state index contributed by atoms with van der Waals surface area (Å²) in [4.78, 5) is 0. The van der Waals surface area contributed by atoms with E-state index in [0.717, 1.165) is 17.6 Å². The van der Waals surface area contributed by atoms with Gasteiger partial charge in [0, 0.05) is 21.4 Å². The third kappa shape index (κ3) is 3.00.